The lowest BCUT2D eigenvalue weighted by atomic mass is 9.96. The first-order valence-corrected chi connectivity index (χ1v) is 14.9. The van der Waals surface area contributed by atoms with E-state index in [0.29, 0.717) is 5.56 Å². The lowest BCUT2D eigenvalue weighted by molar-refractivity contribution is 0.0923. The van der Waals surface area contributed by atoms with Gasteiger partial charge in [-0.1, -0.05) is 47.5 Å². The number of ketones is 1. The Morgan fingerprint density at radius 3 is 2.63 bits per heavy atom. The van der Waals surface area contributed by atoms with Crippen LogP contribution < -0.4 is 10.6 Å². The summed E-state index contributed by atoms with van der Waals surface area (Å²) in [5.41, 5.74) is 0.912. The first-order chi connectivity index (χ1) is 18.4. The second-order valence-corrected chi connectivity index (χ2v) is 12.5. The van der Waals surface area contributed by atoms with Gasteiger partial charge in [0.05, 0.1) is 17.6 Å². The summed E-state index contributed by atoms with van der Waals surface area (Å²) in [6.07, 6.45) is 6.60. The van der Waals surface area contributed by atoms with E-state index in [1.807, 2.05) is 30.3 Å². The number of carbonyl (C=O) groups excluding carboxylic acids is 2. The maximum Gasteiger partial charge on any atom is 0.325 e. The van der Waals surface area contributed by atoms with E-state index in [9.17, 15) is 18.0 Å². The number of nitrogens with zero attached hydrogens (tertiary/aromatic N) is 5. The summed E-state index contributed by atoms with van der Waals surface area (Å²) in [4.78, 5) is 35.2. The molecule has 0 aliphatic heterocycles. The van der Waals surface area contributed by atoms with Gasteiger partial charge in [-0.15, -0.1) is 11.8 Å². The fraction of sp³-hybridized carbons (Fsp3) is 0.261. The second-order valence-electron chi connectivity index (χ2n) is 8.41. The van der Waals surface area contributed by atoms with Crippen LogP contribution in [0.3, 0.4) is 0 Å². The largest absolute Gasteiger partial charge is 0.325 e. The van der Waals surface area contributed by atoms with Crippen molar-refractivity contribution in [1.29, 1.82) is 0 Å². The molecule has 196 valence electrons. The third-order valence-corrected chi connectivity index (χ3v) is 10.0. The second kappa shape index (κ2) is 11.4. The molecule has 1 aliphatic rings. The van der Waals surface area contributed by atoms with Gasteiger partial charge < -0.3 is 5.32 Å². The van der Waals surface area contributed by atoms with Crippen molar-refractivity contribution in [2.45, 2.75) is 45.7 Å². The number of nitrogens with one attached hydrogen (secondary N) is 3. The van der Waals surface area contributed by atoms with Gasteiger partial charge in [0.2, 0.25) is 0 Å². The Balaban J connectivity index is 1.37. The summed E-state index contributed by atoms with van der Waals surface area (Å²) in [5, 5.41) is 17.4. The van der Waals surface area contributed by atoms with E-state index in [2.05, 4.69) is 41.2 Å². The molecule has 1 fully saturated rings. The van der Waals surface area contributed by atoms with Crippen molar-refractivity contribution in [1.82, 2.24) is 30.6 Å². The van der Waals surface area contributed by atoms with Gasteiger partial charge in [-0.3, -0.25) is 15.1 Å². The van der Waals surface area contributed by atoms with Crippen LogP contribution in [0.4, 0.5) is 15.6 Å². The molecule has 3 aromatic heterocycles. The number of aromatic nitrogens is 6. The van der Waals surface area contributed by atoms with Crippen molar-refractivity contribution in [2.75, 3.05) is 10.6 Å². The van der Waals surface area contributed by atoms with Crippen LogP contribution in [0.5, 0.6) is 0 Å². The Kier molecular flexibility index (Phi) is 7.76. The average molecular weight is 571 g/mol. The molecule has 1 aliphatic carbocycles. The van der Waals surface area contributed by atoms with Crippen molar-refractivity contribution in [3.63, 3.8) is 0 Å². The number of Topliss-reactive ketones (excluding diaryl/α,β-unsaturated/α-hetero) is 1. The minimum absolute atomic E-state index is 0.0243. The van der Waals surface area contributed by atoms with Crippen molar-refractivity contribution in [3.8, 4) is 0 Å². The molecule has 4 aromatic rings. The fourth-order valence-electron chi connectivity index (χ4n) is 4.08. The molecule has 0 atom stereocenters. The number of sulfone groups is 1. The molecule has 38 heavy (non-hydrogen) atoms. The summed E-state index contributed by atoms with van der Waals surface area (Å²) in [7, 11) is -4.11. The lowest BCUT2D eigenvalue weighted by Gasteiger charge is -2.13. The zero-order chi connectivity index (χ0) is 26.5. The van der Waals surface area contributed by atoms with Crippen molar-refractivity contribution < 1.29 is 18.0 Å². The van der Waals surface area contributed by atoms with E-state index in [1.54, 1.807) is 6.07 Å². The monoisotopic (exact) mass is 570 g/mol. The lowest BCUT2D eigenvalue weighted by Crippen LogP contribution is -2.22. The Labute approximate surface area is 226 Å². The normalized spacial score (nSPS) is 13.9. The number of amides is 2. The number of urea groups is 1. The van der Waals surface area contributed by atoms with Gasteiger partial charge in [0.1, 0.15) is 0 Å². The number of tetrazole rings is 1. The van der Waals surface area contributed by atoms with Crippen LogP contribution in [0.25, 0.3) is 0 Å². The number of rotatable bonds is 9. The quantitative estimate of drug-likeness (QED) is 0.196. The zero-order valence-corrected chi connectivity index (χ0v) is 22.3. The van der Waals surface area contributed by atoms with Crippen molar-refractivity contribution >= 4 is 55.6 Å². The fourth-order valence-corrected chi connectivity index (χ4v) is 7.66. The van der Waals surface area contributed by atoms with Gasteiger partial charge in [0.15, 0.2) is 15.1 Å². The maximum absolute atomic E-state index is 13.2. The SMILES string of the molecule is O=C(Nc1nc(CSc2ccccc2)c(S(=O)(=O)c2nnn[nH]2)s1)Nc1cnccc1C(=O)C1CCCC1. The highest BCUT2D eigenvalue weighted by Gasteiger charge is 2.30. The summed E-state index contributed by atoms with van der Waals surface area (Å²) in [5.74, 6) is 0.134. The number of aromatic amines is 1. The molecular weight excluding hydrogens is 549 g/mol. The topological polar surface area (TPSA) is 173 Å². The molecule has 5 rings (SSSR count). The predicted octanol–water partition coefficient (Wildman–Crippen LogP) is 4.19. The molecule has 1 saturated carbocycles. The molecule has 3 N–H and O–H groups in total. The number of hydrogen-bond donors (Lipinski definition) is 3. The Morgan fingerprint density at radius 1 is 1.11 bits per heavy atom. The summed E-state index contributed by atoms with van der Waals surface area (Å²) >= 11 is 2.18. The summed E-state index contributed by atoms with van der Waals surface area (Å²) < 4.78 is 26.3. The number of thioether (sulfide) groups is 1. The molecular formula is C23H22N8O4S3. The minimum atomic E-state index is -4.11. The number of hydrogen-bond acceptors (Lipinski definition) is 11. The molecule has 15 heteroatoms. The molecule has 0 spiro atoms. The van der Waals surface area contributed by atoms with Crippen LogP contribution >= 0.6 is 23.1 Å². The molecule has 1 aromatic carbocycles. The predicted molar refractivity (Wildman–Crippen MR) is 141 cm³/mol. The number of thiazole rings is 1. The highest BCUT2D eigenvalue weighted by Crippen LogP contribution is 2.35. The number of carbonyl (C=O) groups is 2. The van der Waals surface area contributed by atoms with E-state index < -0.39 is 21.0 Å². The van der Waals surface area contributed by atoms with E-state index in [1.165, 1.54) is 24.2 Å². The van der Waals surface area contributed by atoms with Crippen LogP contribution in [0.15, 0.2) is 63.1 Å². The third kappa shape index (κ3) is 5.74. The van der Waals surface area contributed by atoms with Crippen LogP contribution in [0, 0.1) is 5.92 Å². The highest BCUT2D eigenvalue weighted by atomic mass is 32.2. The van der Waals surface area contributed by atoms with Crippen LogP contribution in [-0.2, 0) is 15.6 Å². The minimum Gasteiger partial charge on any atom is -0.305 e. The van der Waals surface area contributed by atoms with E-state index >= 15 is 0 Å². The van der Waals surface area contributed by atoms with Crippen molar-refractivity contribution in [2.24, 2.45) is 5.92 Å². The van der Waals surface area contributed by atoms with Crippen molar-refractivity contribution in [3.05, 3.63) is 60.0 Å². The molecule has 0 radical (unpaired) electrons. The first-order valence-electron chi connectivity index (χ1n) is 11.6. The van der Waals surface area contributed by atoms with Crippen LogP contribution in [0.2, 0.25) is 0 Å². The summed E-state index contributed by atoms with van der Waals surface area (Å²) in [6, 6.07) is 10.3. The number of pyridine rings is 1. The van der Waals surface area contributed by atoms with E-state index in [0.717, 1.165) is 41.9 Å². The third-order valence-electron chi connectivity index (χ3n) is 5.89. The molecule has 12 nitrogen and oxygen atoms in total. The molecule has 0 unspecified atom stereocenters. The smallest absolute Gasteiger partial charge is 0.305 e. The van der Waals surface area contributed by atoms with Crippen LogP contribution in [0.1, 0.15) is 41.7 Å². The Bertz CT molecular complexity index is 1540. The van der Waals surface area contributed by atoms with Gasteiger partial charge in [0, 0.05) is 28.3 Å². The number of benzene rings is 1. The zero-order valence-electron chi connectivity index (χ0n) is 19.8. The standard InChI is InChI=1S/C23H22N8O4S3/c32-19(14-6-4-5-7-14)16-10-11-24-12-17(16)25-21(33)27-22-26-18(13-36-15-8-2-1-3-9-15)20(37-22)38(34,35)23-28-30-31-29-23/h1-3,8-12,14H,4-7,13H2,(H2,25,26,27,33)(H,28,29,30,31). The number of H-pyrrole nitrogens is 1. The maximum atomic E-state index is 13.2. The molecule has 0 saturated heterocycles. The van der Waals surface area contributed by atoms with Gasteiger partial charge in [-0.25, -0.2) is 23.3 Å². The molecule has 0 bridgehead atoms. The van der Waals surface area contributed by atoms with Gasteiger partial charge in [-0.05, 0) is 41.5 Å². The van der Waals surface area contributed by atoms with Gasteiger partial charge in [-0.2, -0.15) is 0 Å². The Morgan fingerprint density at radius 2 is 1.89 bits per heavy atom. The molecule has 3 heterocycles. The number of anilines is 2. The van der Waals surface area contributed by atoms with E-state index in [4.69, 9.17) is 0 Å². The van der Waals surface area contributed by atoms with E-state index in [-0.39, 0.29) is 38.2 Å². The molecule has 2 amide bonds. The highest BCUT2D eigenvalue weighted by molar-refractivity contribution is 7.98. The Hall–Kier alpha value is -3.69. The van der Waals surface area contributed by atoms with Gasteiger partial charge in [0.25, 0.3) is 15.0 Å². The van der Waals surface area contributed by atoms with Crippen LogP contribution in [-0.4, -0.2) is 50.8 Å². The average Bonchev–Trinajstić information content (AvgIpc) is 3.71. The first kappa shape index (κ1) is 25.9. The van der Waals surface area contributed by atoms with Gasteiger partial charge >= 0.3 is 6.03 Å². The summed E-state index contributed by atoms with van der Waals surface area (Å²) in [6.45, 7) is 0.